The van der Waals surface area contributed by atoms with Crippen LogP contribution in [0.2, 0.25) is 0 Å². The van der Waals surface area contributed by atoms with E-state index in [4.69, 9.17) is 0 Å². The number of aliphatic hydroxyl groups is 1. The van der Waals surface area contributed by atoms with Crippen molar-refractivity contribution >= 4 is 5.69 Å². The topological polar surface area (TPSA) is 32.3 Å². The fourth-order valence-electron chi connectivity index (χ4n) is 1.65. The molecule has 0 radical (unpaired) electrons. The summed E-state index contributed by atoms with van der Waals surface area (Å²) >= 11 is 0. The van der Waals surface area contributed by atoms with Crippen LogP contribution in [0.3, 0.4) is 0 Å². The van der Waals surface area contributed by atoms with Gasteiger partial charge < -0.3 is 10.4 Å². The monoisotopic (exact) mass is 217 g/mol. The van der Waals surface area contributed by atoms with Gasteiger partial charge in [0.25, 0.3) is 0 Å². The zero-order valence-corrected chi connectivity index (χ0v) is 7.80. The van der Waals surface area contributed by atoms with Gasteiger partial charge in [0.2, 0.25) is 0 Å². The lowest BCUT2D eigenvalue weighted by Gasteiger charge is -2.23. The summed E-state index contributed by atoms with van der Waals surface area (Å²) in [4.78, 5) is 0. The number of fused-ring (bicyclic) bond motifs is 1. The Kier molecular flexibility index (Phi) is 2.34. The smallest absolute Gasteiger partial charge is 0.391 e. The SMILES string of the molecule is OC1CNc2cc(C(F)(F)F)ccc2C1. The molecule has 0 saturated heterocycles. The molecule has 1 aliphatic heterocycles. The zero-order valence-electron chi connectivity index (χ0n) is 7.80. The summed E-state index contributed by atoms with van der Waals surface area (Å²) < 4.78 is 37.1. The van der Waals surface area contributed by atoms with E-state index in [0.29, 0.717) is 18.7 Å². The first-order valence-corrected chi connectivity index (χ1v) is 4.59. The molecule has 1 heterocycles. The Morgan fingerprint density at radius 2 is 2.07 bits per heavy atom. The maximum atomic E-state index is 12.4. The molecule has 1 aromatic rings. The van der Waals surface area contributed by atoms with Gasteiger partial charge in [0.15, 0.2) is 0 Å². The summed E-state index contributed by atoms with van der Waals surface area (Å²) in [6.45, 7) is 0.300. The first-order valence-electron chi connectivity index (χ1n) is 4.59. The summed E-state index contributed by atoms with van der Waals surface area (Å²) in [5.41, 5.74) is 0.530. The Bertz CT molecular complexity index is 375. The highest BCUT2D eigenvalue weighted by Gasteiger charge is 2.31. The van der Waals surface area contributed by atoms with Gasteiger partial charge >= 0.3 is 6.18 Å². The number of hydrogen-bond donors (Lipinski definition) is 2. The van der Waals surface area contributed by atoms with Crippen LogP contribution < -0.4 is 5.32 Å². The first kappa shape index (κ1) is 10.3. The number of rotatable bonds is 0. The minimum Gasteiger partial charge on any atom is -0.391 e. The Morgan fingerprint density at radius 3 is 2.73 bits per heavy atom. The molecule has 2 N–H and O–H groups in total. The van der Waals surface area contributed by atoms with E-state index in [-0.39, 0.29) is 0 Å². The van der Waals surface area contributed by atoms with Gasteiger partial charge in [-0.05, 0) is 17.7 Å². The lowest BCUT2D eigenvalue weighted by Crippen LogP contribution is -2.27. The van der Waals surface area contributed by atoms with Crippen molar-refractivity contribution in [3.05, 3.63) is 29.3 Å². The molecule has 0 fully saturated rings. The van der Waals surface area contributed by atoms with Gasteiger partial charge in [-0.3, -0.25) is 0 Å². The maximum absolute atomic E-state index is 12.4. The van der Waals surface area contributed by atoms with E-state index in [1.807, 2.05) is 0 Å². The van der Waals surface area contributed by atoms with Crippen molar-refractivity contribution < 1.29 is 18.3 Å². The van der Waals surface area contributed by atoms with Crippen LogP contribution in [0.15, 0.2) is 18.2 Å². The van der Waals surface area contributed by atoms with Crippen molar-refractivity contribution in [1.29, 1.82) is 0 Å². The van der Waals surface area contributed by atoms with Crippen molar-refractivity contribution in [2.45, 2.75) is 18.7 Å². The van der Waals surface area contributed by atoms with Crippen LogP contribution in [0.4, 0.5) is 18.9 Å². The summed E-state index contributed by atoms with van der Waals surface area (Å²) in [5, 5.41) is 12.1. The summed E-state index contributed by atoms with van der Waals surface area (Å²) in [6.07, 6.45) is -4.43. The van der Waals surface area contributed by atoms with Gasteiger partial charge in [0.1, 0.15) is 0 Å². The molecule has 0 saturated carbocycles. The highest BCUT2D eigenvalue weighted by molar-refractivity contribution is 5.55. The number of alkyl halides is 3. The number of nitrogens with one attached hydrogen (secondary N) is 1. The third kappa shape index (κ3) is 2.07. The zero-order chi connectivity index (χ0) is 11.1. The molecule has 1 aromatic carbocycles. The van der Waals surface area contributed by atoms with Crippen LogP contribution in [0.1, 0.15) is 11.1 Å². The van der Waals surface area contributed by atoms with Gasteiger partial charge in [-0.1, -0.05) is 6.07 Å². The Labute approximate surface area is 84.7 Å². The van der Waals surface area contributed by atoms with E-state index >= 15 is 0 Å². The second kappa shape index (κ2) is 3.41. The van der Waals surface area contributed by atoms with Crippen molar-refractivity contribution in [1.82, 2.24) is 0 Å². The van der Waals surface area contributed by atoms with E-state index in [1.165, 1.54) is 6.07 Å². The normalized spacial score (nSPS) is 20.7. The van der Waals surface area contributed by atoms with Crippen LogP contribution in [0.5, 0.6) is 0 Å². The molecule has 2 nitrogen and oxygen atoms in total. The molecule has 1 unspecified atom stereocenters. The molecule has 0 aromatic heterocycles. The van der Waals surface area contributed by atoms with Gasteiger partial charge in [0.05, 0.1) is 11.7 Å². The van der Waals surface area contributed by atoms with Crippen molar-refractivity contribution in [2.24, 2.45) is 0 Å². The number of aliphatic hydroxyl groups excluding tert-OH is 1. The van der Waals surface area contributed by atoms with Crippen molar-refractivity contribution in [3.8, 4) is 0 Å². The quantitative estimate of drug-likeness (QED) is 0.697. The van der Waals surface area contributed by atoms with Gasteiger partial charge in [-0.2, -0.15) is 13.2 Å². The molecule has 0 spiro atoms. The number of benzene rings is 1. The van der Waals surface area contributed by atoms with E-state index in [9.17, 15) is 18.3 Å². The summed E-state index contributed by atoms with van der Waals surface area (Å²) in [7, 11) is 0. The van der Waals surface area contributed by atoms with Crippen LogP contribution in [0.25, 0.3) is 0 Å². The first-order chi connectivity index (χ1) is 6.97. The maximum Gasteiger partial charge on any atom is 0.416 e. The summed E-state index contributed by atoms with van der Waals surface area (Å²) in [6, 6.07) is 3.54. The molecule has 2 rings (SSSR count). The average molecular weight is 217 g/mol. The molecule has 0 amide bonds. The second-order valence-electron chi connectivity index (χ2n) is 3.61. The second-order valence-corrected chi connectivity index (χ2v) is 3.61. The standard InChI is InChI=1S/C10H10F3NO/c11-10(12,13)7-2-1-6-3-8(15)5-14-9(6)4-7/h1-2,4,8,14-15H,3,5H2. The molecule has 0 bridgehead atoms. The van der Waals surface area contributed by atoms with E-state index in [2.05, 4.69) is 5.32 Å². The fraction of sp³-hybridized carbons (Fsp3) is 0.400. The van der Waals surface area contributed by atoms with E-state index in [0.717, 1.165) is 17.7 Å². The fourth-order valence-corrected chi connectivity index (χ4v) is 1.65. The van der Waals surface area contributed by atoms with E-state index in [1.54, 1.807) is 0 Å². The van der Waals surface area contributed by atoms with Crippen molar-refractivity contribution in [2.75, 3.05) is 11.9 Å². The predicted octanol–water partition coefficient (Wildman–Crippen LogP) is 2.03. The summed E-state index contributed by atoms with van der Waals surface area (Å²) in [5.74, 6) is 0. The van der Waals surface area contributed by atoms with Crippen molar-refractivity contribution in [3.63, 3.8) is 0 Å². The largest absolute Gasteiger partial charge is 0.416 e. The third-order valence-electron chi connectivity index (χ3n) is 2.42. The van der Waals surface area contributed by atoms with Gasteiger partial charge in [0, 0.05) is 18.7 Å². The van der Waals surface area contributed by atoms with Crippen LogP contribution in [-0.2, 0) is 12.6 Å². The number of β-amino-alcohol motifs (C(OH)–C–C–N with tert-alkyl or cyclic N) is 1. The lowest BCUT2D eigenvalue weighted by atomic mass is 9.99. The Balaban J connectivity index is 2.35. The molecular formula is C10H10F3NO. The van der Waals surface area contributed by atoms with Crippen LogP contribution >= 0.6 is 0 Å². The highest BCUT2D eigenvalue weighted by Crippen LogP contribution is 2.33. The van der Waals surface area contributed by atoms with Crippen LogP contribution in [-0.4, -0.2) is 17.8 Å². The minimum atomic E-state index is -4.31. The van der Waals surface area contributed by atoms with E-state index < -0.39 is 17.8 Å². The number of halogens is 3. The third-order valence-corrected chi connectivity index (χ3v) is 2.42. The molecule has 0 aliphatic carbocycles. The number of anilines is 1. The molecule has 1 aliphatic rings. The number of hydrogen-bond acceptors (Lipinski definition) is 2. The van der Waals surface area contributed by atoms with Crippen LogP contribution in [0, 0.1) is 0 Å². The lowest BCUT2D eigenvalue weighted by molar-refractivity contribution is -0.137. The highest BCUT2D eigenvalue weighted by atomic mass is 19.4. The molecular weight excluding hydrogens is 207 g/mol. The minimum absolute atomic E-state index is 0.300. The molecule has 1 atom stereocenters. The molecule has 5 heteroatoms. The average Bonchev–Trinajstić information content (AvgIpc) is 2.15. The molecule has 82 valence electrons. The van der Waals surface area contributed by atoms with Gasteiger partial charge in [-0.25, -0.2) is 0 Å². The Morgan fingerprint density at radius 1 is 1.33 bits per heavy atom. The Hall–Kier alpha value is -1.23. The predicted molar refractivity (Wildman–Crippen MR) is 49.6 cm³/mol. The van der Waals surface area contributed by atoms with Gasteiger partial charge in [-0.15, -0.1) is 0 Å². The molecule has 15 heavy (non-hydrogen) atoms.